The van der Waals surface area contributed by atoms with E-state index in [0.717, 1.165) is 15.4 Å². The summed E-state index contributed by atoms with van der Waals surface area (Å²) in [6.45, 7) is 4.58. The van der Waals surface area contributed by atoms with E-state index in [9.17, 15) is 14.9 Å². The number of nitro groups is 1. The lowest BCUT2D eigenvalue weighted by Crippen LogP contribution is -2.48. The molecule has 0 bridgehead atoms. The normalized spacial score (nSPS) is 26.9. The van der Waals surface area contributed by atoms with Crippen LogP contribution in [0.1, 0.15) is 44.0 Å². The number of nitrogens with zero attached hydrogens (tertiary/aromatic N) is 2. The Morgan fingerprint density at radius 1 is 1.30 bits per heavy atom. The third kappa shape index (κ3) is 3.35. The van der Waals surface area contributed by atoms with Gasteiger partial charge < -0.3 is 9.47 Å². The van der Waals surface area contributed by atoms with Crippen LogP contribution < -0.4 is 0 Å². The minimum atomic E-state index is -0.566. The molecule has 2 aromatic rings. The first-order valence-corrected chi connectivity index (χ1v) is 9.66. The topological polar surface area (TPSA) is 91.6 Å². The molecule has 1 aromatic carbocycles. The predicted molar refractivity (Wildman–Crippen MR) is 99.7 cm³/mol. The lowest BCUT2D eigenvalue weighted by Gasteiger charge is -2.43. The molecular weight excluding hydrogens is 368 g/mol. The Labute approximate surface area is 160 Å². The summed E-state index contributed by atoms with van der Waals surface area (Å²) < 4.78 is 11.6. The summed E-state index contributed by atoms with van der Waals surface area (Å²) in [7, 11) is 0. The fraction of sp³-hybridized carbons (Fsp3) is 0.474. The number of hydrogen-bond donors (Lipinski definition) is 0. The minimum Gasteiger partial charge on any atom is -0.458 e. The summed E-state index contributed by atoms with van der Waals surface area (Å²) in [5, 5.41) is 11.7. The molecule has 142 valence electrons. The second kappa shape index (κ2) is 6.38. The molecule has 2 fully saturated rings. The van der Waals surface area contributed by atoms with Gasteiger partial charge in [-0.2, -0.15) is 0 Å². The van der Waals surface area contributed by atoms with Crippen LogP contribution in [-0.2, 0) is 14.3 Å². The van der Waals surface area contributed by atoms with E-state index in [0.29, 0.717) is 25.9 Å². The fourth-order valence-corrected chi connectivity index (χ4v) is 5.21. The van der Waals surface area contributed by atoms with E-state index in [4.69, 9.17) is 9.47 Å². The number of non-ortho nitro benzene ring substituents is 1. The van der Waals surface area contributed by atoms with Crippen molar-refractivity contribution in [2.75, 3.05) is 6.61 Å². The van der Waals surface area contributed by atoms with Crippen molar-refractivity contribution < 1.29 is 19.2 Å². The molecule has 2 aliphatic rings. The van der Waals surface area contributed by atoms with E-state index in [1.807, 2.05) is 13.8 Å². The van der Waals surface area contributed by atoms with Gasteiger partial charge in [-0.15, -0.1) is 11.3 Å². The maximum Gasteiger partial charge on any atom is 0.307 e. The van der Waals surface area contributed by atoms with Crippen LogP contribution in [0.4, 0.5) is 5.69 Å². The molecule has 4 rings (SSSR count). The van der Waals surface area contributed by atoms with E-state index in [2.05, 4.69) is 4.98 Å². The van der Waals surface area contributed by atoms with Crippen molar-refractivity contribution in [1.82, 2.24) is 4.98 Å². The van der Waals surface area contributed by atoms with Crippen LogP contribution in [0.15, 0.2) is 30.5 Å². The van der Waals surface area contributed by atoms with Gasteiger partial charge in [-0.3, -0.25) is 14.9 Å². The Morgan fingerprint density at radius 2 is 2.04 bits per heavy atom. The third-order valence-electron chi connectivity index (χ3n) is 5.25. The molecule has 0 amide bonds. The average Bonchev–Trinajstić information content (AvgIpc) is 3.18. The van der Waals surface area contributed by atoms with E-state index < -0.39 is 10.5 Å². The van der Waals surface area contributed by atoms with Crippen LogP contribution in [0.2, 0.25) is 0 Å². The maximum atomic E-state index is 12.1. The van der Waals surface area contributed by atoms with Gasteiger partial charge in [0.05, 0.1) is 34.3 Å². The summed E-state index contributed by atoms with van der Waals surface area (Å²) >= 11 is 1.51. The van der Waals surface area contributed by atoms with Gasteiger partial charge in [-0.25, -0.2) is 4.98 Å². The molecule has 0 unspecified atom stereocenters. The lowest BCUT2D eigenvalue weighted by atomic mass is 9.76. The number of nitro benzene ring substituents is 1. The van der Waals surface area contributed by atoms with Crippen molar-refractivity contribution in [3.8, 4) is 10.4 Å². The number of carbonyl (C=O) groups is 1. The molecule has 7 nitrogen and oxygen atoms in total. The van der Waals surface area contributed by atoms with E-state index in [-0.39, 0.29) is 23.2 Å². The first kappa shape index (κ1) is 18.1. The van der Waals surface area contributed by atoms with Gasteiger partial charge in [0, 0.05) is 31.2 Å². The molecule has 1 aromatic heterocycles. The molecule has 2 saturated heterocycles. The van der Waals surface area contributed by atoms with Gasteiger partial charge in [0.2, 0.25) is 0 Å². The SMILES string of the molecule is CC1(C)C[C@]2(CCO1)OC(=O)C[C@H]2c1ncc(-c2ccc([N+](=O)[O-])cc2)s1. The maximum absolute atomic E-state index is 12.1. The van der Waals surface area contributed by atoms with Crippen molar-refractivity contribution in [2.45, 2.75) is 50.2 Å². The molecule has 1 spiro atoms. The quantitative estimate of drug-likeness (QED) is 0.447. The van der Waals surface area contributed by atoms with Crippen LogP contribution in [0.3, 0.4) is 0 Å². The third-order valence-corrected chi connectivity index (χ3v) is 6.41. The zero-order chi connectivity index (χ0) is 19.2. The van der Waals surface area contributed by atoms with Gasteiger partial charge in [-0.1, -0.05) is 0 Å². The highest BCUT2D eigenvalue weighted by Gasteiger charge is 2.55. The molecule has 0 aliphatic carbocycles. The Morgan fingerprint density at radius 3 is 2.70 bits per heavy atom. The van der Waals surface area contributed by atoms with Crippen LogP contribution in [0.25, 0.3) is 10.4 Å². The van der Waals surface area contributed by atoms with Crippen molar-refractivity contribution >= 4 is 23.0 Å². The summed E-state index contributed by atoms with van der Waals surface area (Å²) in [4.78, 5) is 28.0. The smallest absolute Gasteiger partial charge is 0.307 e. The van der Waals surface area contributed by atoms with Crippen LogP contribution in [-0.4, -0.2) is 33.7 Å². The molecule has 2 atom stereocenters. The van der Waals surface area contributed by atoms with Crippen LogP contribution >= 0.6 is 11.3 Å². The van der Waals surface area contributed by atoms with Gasteiger partial charge in [0.15, 0.2) is 0 Å². The number of esters is 1. The van der Waals surface area contributed by atoms with E-state index in [1.54, 1.807) is 18.3 Å². The highest BCUT2D eigenvalue weighted by Crippen LogP contribution is 2.51. The fourth-order valence-electron chi connectivity index (χ4n) is 4.08. The minimum absolute atomic E-state index is 0.0571. The van der Waals surface area contributed by atoms with Crippen molar-refractivity contribution in [3.63, 3.8) is 0 Å². The predicted octanol–water partition coefficient (Wildman–Crippen LogP) is 4.08. The van der Waals surface area contributed by atoms with Crippen molar-refractivity contribution in [1.29, 1.82) is 0 Å². The van der Waals surface area contributed by atoms with Crippen LogP contribution in [0, 0.1) is 10.1 Å². The van der Waals surface area contributed by atoms with Gasteiger partial charge in [-0.05, 0) is 31.5 Å². The molecule has 3 heterocycles. The Bertz CT molecular complexity index is 892. The highest BCUT2D eigenvalue weighted by atomic mass is 32.1. The summed E-state index contributed by atoms with van der Waals surface area (Å²) in [6.07, 6.45) is 3.40. The summed E-state index contributed by atoms with van der Waals surface area (Å²) in [6, 6.07) is 6.41. The number of thiazole rings is 1. The van der Waals surface area contributed by atoms with Gasteiger partial charge in [0.1, 0.15) is 10.6 Å². The standard InChI is InChI=1S/C19H20N2O5S/c1-18(2)11-19(7-8-25-18)14(9-16(22)26-19)17-20-10-15(27-17)12-3-5-13(6-4-12)21(23)24/h3-6,10,14H,7-9,11H2,1-2H3/t14-,19-/m0/s1. The number of rotatable bonds is 3. The molecule has 2 aliphatic heterocycles. The number of hydrogen-bond acceptors (Lipinski definition) is 7. The monoisotopic (exact) mass is 388 g/mol. The van der Waals surface area contributed by atoms with Crippen molar-refractivity contribution in [2.24, 2.45) is 0 Å². The largest absolute Gasteiger partial charge is 0.458 e. The van der Waals surface area contributed by atoms with E-state index in [1.165, 1.54) is 23.5 Å². The second-order valence-corrected chi connectivity index (χ2v) is 8.76. The zero-order valence-electron chi connectivity index (χ0n) is 15.1. The molecule has 0 radical (unpaired) electrons. The lowest BCUT2D eigenvalue weighted by molar-refractivity contribution is -0.384. The Hall–Kier alpha value is -2.32. The molecule has 27 heavy (non-hydrogen) atoms. The number of carbonyl (C=O) groups excluding carboxylic acids is 1. The van der Waals surface area contributed by atoms with Gasteiger partial charge in [0.25, 0.3) is 5.69 Å². The first-order chi connectivity index (χ1) is 12.8. The average molecular weight is 388 g/mol. The Balaban J connectivity index is 1.63. The molecule has 0 N–H and O–H groups in total. The second-order valence-electron chi connectivity index (χ2n) is 7.70. The number of aromatic nitrogens is 1. The number of ether oxygens (including phenoxy) is 2. The molecular formula is C19H20N2O5S. The first-order valence-electron chi connectivity index (χ1n) is 8.84. The summed E-state index contributed by atoms with van der Waals surface area (Å²) in [5.74, 6) is -0.283. The number of benzene rings is 1. The molecule has 8 heteroatoms. The van der Waals surface area contributed by atoms with Crippen molar-refractivity contribution in [3.05, 3.63) is 45.6 Å². The molecule has 0 saturated carbocycles. The zero-order valence-corrected chi connectivity index (χ0v) is 16.0. The van der Waals surface area contributed by atoms with E-state index >= 15 is 0 Å². The van der Waals surface area contributed by atoms with Gasteiger partial charge >= 0.3 is 5.97 Å². The summed E-state index contributed by atoms with van der Waals surface area (Å²) in [5.41, 5.74) is 0.0147. The van der Waals surface area contributed by atoms with Crippen LogP contribution in [0.5, 0.6) is 0 Å². The Kier molecular flexibility index (Phi) is 4.27. The highest BCUT2D eigenvalue weighted by molar-refractivity contribution is 7.15.